The van der Waals surface area contributed by atoms with E-state index in [0.717, 1.165) is 43.0 Å². The first-order valence-corrected chi connectivity index (χ1v) is 8.63. The molecule has 1 aliphatic heterocycles. The average Bonchev–Trinajstić information content (AvgIpc) is 2.85. The van der Waals surface area contributed by atoms with Gasteiger partial charge in [0.2, 0.25) is 0 Å². The van der Waals surface area contributed by atoms with Crippen LogP contribution in [0.2, 0.25) is 0 Å². The van der Waals surface area contributed by atoms with E-state index in [-0.39, 0.29) is 11.5 Å². The van der Waals surface area contributed by atoms with Crippen molar-refractivity contribution < 1.29 is 9.53 Å². The predicted octanol–water partition coefficient (Wildman–Crippen LogP) is 3.69. The number of rotatable bonds is 3. The van der Waals surface area contributed by atoms with Crippen molar-refractivity contribution in [1.82, 2.24) is 4.98 Å². The van der Waals surface area contributed by atoms with E-state index in [0.29, 0.717) is 12.2 Å². The number of aromatic nitrogens is 1. The second-order valence-electron chi connectivity index (χ2n) is 6.28. The predicted molar refractivity (Wildman–Crippen MR) is 80.1 cm³/mol. The first kappa shape index (κ1) is 14.2. The topological polar surface area (TPSA) is 39.2 Å². The summed E-state index contributed by atoms with van der Waals surface area (Å²) >= 11 is 1.63. The van der Waals surface area contributed by atoms with E-state index in [4.69, 9.17) is 4.74 Å². The Bertz CT molecular complexity index is 471. The molecule has 0 bridgehead atoms. The third-order valence-electron chi connectivity index (χ3n) is 4.74. The van der Waals surface area contributed by atoms with Crippen LogP contribution in [0.5, 0.6) is 0 Å². The Labute approximate surface area is 124 Å². The fourth-order valence-electron chi connectivity index (χ4n) is 3.66. The number of carbonyl (C=O) groups is 1. The van der Waals surface area contributed by atoms with Crippen molar-refractivity contribution >= 4 is 17.1 Å². The lowest BCUT2D eigenvalue weighted by Gasteiger charge is -2.43. The smallest absolute Gasteiger partial charge is 0.142 e. The summed E-state index contributed by atoms with van der Waals surface area (Å²) in [6.45, 7) is 2.75. The lowest BCUT2D eigenvalue weighted by atomic mass is 9.74. The van der Waals surface area contributed by atoms with Crippen LogP contribution in [0.1, 0.15) is 55.6 Å². The van der Waals surface area contributed by atoms with E-state index in [2.05, 4.69) is 4.98 Å². The molecule has 1 saturated carbocycles. The van der Waals surface area contributed by atoms with Crippen LogP contribution in [-0.4, -0.2) is 23.0 Å². The van der Waals surface area contributed by atoms with Gasteiger partial charge < -0.3 is 4.74 Å². The van der Waals surface area contributed by atoms with Crippen molar-refractivity contribution in [2.24, 2.45) is 5.92 Å². The third-order valence-corrected chi connectivity index (χ3v) is 5.56. The van der Waals surface area contributed by atoms with Gasteiger partial charge in [0.05, 0.1) is 16.3 Å². The molecule has 1 aromatic heterocycles. The number of nitrogens with zero attached hydrogens (tertiary/aromatic N) is 1. The normalized spacial score (nSPS) is 25.8. The molecular formula is C16H23NO2S. The standard InChI is InChI=1S/C16H23NO2S/c1-12-17-14(11-20-12)9-15(18)13-5-8-19-16(10-13)6-3-2-4-7-16/h11,13H,2-10H2,1H3. The molecule has 1 atom stereocenters. The van der Waals surface area contributed by atoms with Crippen molar-refractivity contribution in [2.45, 2.75) is 63.9 Å². The van der Waals surface area contributed by atoms with Crippen LogP contribution in [0.25, 0.3) is 0 Å². The lowest BCUT2D eigenvalue weighted by molar-refractivity contribution is -0.142. The first-order chi connectivity index (χ1) is 9.67. The Kier molecular flexibility index (Phi) is 4.22. The fourth-order valence-corrected chi connectivity index (χ4v) is 4.27. The zero-order chi connectivity index (χ0) is 14.0. The molecular weight excluding hydrogens is 270 g/mol. The average molecular weight is 293 g/mol. The molecule has 1 aromatic rings. The van der Waals surface area contributed by atoms with Gasteiger partial charge in [0, 0.05) is 24.3 Å². The molecule has 1 spiro atoms. The maximum absolute atomic E-state index is 12.5. The molecule has 3 rings (SSSR count). The summed E-state index contributed by atoms with van der Waals surface area (Å²) in [6.07, 6.45) is 8.46. The monoisotopic (exact) mass is 293 g/mol. The van der Waals surface area contributed by atoms with Gasteiger partial charge in [0.25, 0.3) is 0 Å². The summed E-state index contributed by atoms with van der Waals surface area (Å²) in [6, 6.07) is 0. The second kappa shape index (κ2) is 5.94. The van der Waals surface area contributed by atoms with Crippen LogP contribution in [0, 0.1) is 12.8 Å². The van der Waals surface area contributed by atoms with Gasteiger partial charge in [-0.2, -0.15) is 0 Å². The summed E-state index contributed by atoms with van der Waals surface area (Å²) in [4.78, 5) is 16.9. The molecule has 0 aromatic carbocycles. The molecule has 110 valence electrons. The summed E-state index contributed by atoms with van der Waals surface area (Å²) in [5.41, 5.74) is 0.969. The summed E-state index contributed by atoms with van der Waals surface area (Å²) < 4.78 is 6.08. The molecule has 2 heterocycles. The van der Waals surface area contributed by atoms with Gasteiger partial charge in [0.1, 0.15) is 5.78 Å². The highest BCUT2D eigenvalue weighted by Crippen LogP contribution is 2.41. The molecule has 1 saturated heterocycles. The molecule has 4 heteroatoms. The third kappa shape index (κ3) is 3.12. The van der Waals surface area contributed by atoms with Gasteiger partial charge >= 0.3 is 0 Å². The number of ketones is 1. The van der Waals surface area contributed by atoms with E-state index in [1.807, 2.05) is 12.3 Å². The highest BCUT2D eigenvalue weighted by atomic mass is 32.1. The van der Waals surface area contributed by atoms with E-state index in [1.165, 1.54) is 19.3 Å². The zero-order valence-electron chi connectivity index (χ0n) is 12.2. The minimum atomic E-state index is 0.0226. The number of carbonyl (C=O) groups excluding carboxylic acids is 1. The number of hydrogen-bond acceptors (Lipinski definition) is 4. The SMILES string of the molecule is Cc1nc(CC(=O)C2CCOC3(CCCCC3)C2)cs1. The molecule has 2 aliphatic rings. The fraction of sp³-hybridized carbons (Fsp3) is 0.750. The Morgan fingerprint density at radius 2 is 2.25 bits per heavy atom. The van der Waals surface area contributed by atoms with Crippen molar-refractivity contribution in [1.29, 1.82) is 0 Å². The summed E-state index contributed by atoms with van der Waals surface area (Å²) in [5.74, 6) is 0.549. The number of Topliss-reactive ketones (excluding diaryl/α,β-unsaturated/α-hetero) is 1. The molecule has 3 nitrogen and oxygen atoms in total. The first-order valence-electron chi connectivity index (χ1n) is 7.75. The lowest BCUT2D eigenvalue weighted by Crippen LogP contribution is -2.43. The van der Waals surface area contributed by atoms with Gasteiger partial charge in [-0.05, 0) is 32.6 Å². The van der Waals surface area contributed by atoms with Gasteiger partial charge in [-0.3, -0.25) is 4.79 Å². The van der Waals surface area contributed by atoms with Gasteiger partial charge in [-0.15, -0.1) is 11.3 Å². The van der Waals surface area contributed by atoms with Crippen molar-refractivity contribution in [3.8, 4) is 0 Å². The molecule has 20 heavy (non-hydrogen) atoms. The molecule has 2 fully saturated rings. The second-order valence-corrected chi connectivity index (χ2v) is 7.35. The molecule has 0 radical (unpaired) electrons. The molecule has 0 N–H and O–H groups in total. The zero-order valence-corrected chi connectivity index (χ0v) is 13.0. The summed E-state index contributed by atoms with van der Waals surface area (Å²) in [5, 5.41) is 3.06. The van der Waals surface area contributed by atoms with Crippen LogP contribution < -0.4 is 0 Å². The highest BCUT2D eigenvalue weighted by molar-refractivity contribution is 7.09. The summed E-state index contributed by atoms with van der Waals surface area (Å²) in [7, 11) is 0. The van der Waals surface area contributed by atoms with Crippen molar-refractivity contribution in [3.05, 3.63) is 16.1 Å². The van der Waals surface area contributed by atoms with Crippen LogP contribution >= 0.6 is 11.3 Å². The van der Waals surface area contributed by atoms with Gasteiger partial charge in [-0.25, -0.2) is 4.98 Å². The van der Waals surface area contributed by atoms with E-state index in [9.17, 15) is 4.79 Å². The number of aryl methyl sites for hydroxylation is 1. The minimum Gasteiger partial charge on any atom is -0.375 e. The highest BCUT2D eigenvalue weighted by Gasteiger charge is 2.40. The van der Waals surface area contributed by atoms with Gasteiger partial charge in [0.15, 0.2) is 0 Å². The number of hydrogen-bond donors (Lipinski definition) is 0. The minimum absolute atomic E-state index is 0.0226. The Balaban J connectivity index is 1.62. The van der Waals surface area contributed by atoms with Crippen LogP contribution in [0.3, 0.4) is 0 Å². The quantitative estimate of drug-likeness (QED) is 0.853. The van der Waals surface area contributed by atoms with Crippen molar-refractivity contribution in [3.63, 3.8) is 0 Å². The largest absolute Gasteiger partial charge is 0.375 e. The maximum atomic E-state index is 12.5. The van der Waals surface area contributed by atoms with E-state index >= 15 is 0 Å². The Morgan fingerprint density at radius 3 is 2.95 bits per heavy atom. The Morgan fingerprint density at radius 1 is 1.45 bits per heavy atom. The van der Waals surface area contributed by atoms with E-state index in [1.54, 1.807) is 11.3 Å². The Hall–Kier alpha value is -0.740. The van der Waals surface area contributed by atoms with Crippen LogP contribution in [0.4, 0.5) is 0 Å². The van der Waals surface area contributed by atoms with Gasteiger partial charge in [-0.1, -0.05) is 19.3 Å². The molecule has 0 amide bonds. The maximum Gasteiger partial charge on any atom is 0.142 e. The number of thiazole rings is 1. The van der Waals surface area contributed by atoms with Crippen molar-refractivity contribution in [2.75, 3.05) is 6.61 Å². The molecule has 1 unspecified atom stereocenters. The van der Waals surface area contributed by atoms with Crippen LogP contribution in [-0.2, 0) is 16.0 Å². The van der Waals surface area contributed by atoms with Crippen LogP contribution in [0.15, 0.2) is 5.38 Å². The van der Waals surface area contributed by atoms with E-state index < -0.39 is 0 Å². The number of ether oxygens (including phenoxy) is 1. The molecule has 1 aliphatic carbocycles.